The monoisotopic (exact) mass is 323 g/mol. The molecule has 0 unspecified atom stereocenters. The minimum Gasteiger partial charge on any atom is -0.507 e. The number of phenols is 1. The molecule has 110 valence electrons. The average Bonchev–Trinajstić information content (AvgIpc) is 2.76. The van der Waals surface area contributed by atoms with Crippen LogP contribution < -0.4 is 11.1 Å². The highest BCUT2D eigenvalue weighted by atomic mass is 32.2. The van der Waals surface area contributed by atoms with Gasteiger partial charge in [0.1, 0.15) is 5.75 Å². The summed E-state index contributed by atoms with van der Waals surface area (Å²) in [6, 6.07) is 6.26. The van der Waals surface area contributed by atoms with E-state index in [0.717, 1.165) is 9.90 Å². The van der Waals surface area contributed by atoms with Crippen molar-refractivity contribution in [3.8, 4) is 5.75 Å². The van der Waals surface area contributed by atoms with Crippen LogP contribution in [0, 0.1) is 6.92 Å². The number of thiazole rings is 1. The predicted molar refractivity (Wildman–Crippen MR) is 82.8 cm³/mol. The van der Waals surface area contributed by atoms with Crippen LogP contribution in [-0.2, 0) is 4.79 Å². The van der Waals surface area contributed by atoms with Crippen LogP contribution in [0.1, 0.15) is 16.1 Å². The molecule has 0 radical (unpaired) electrons. The summed E-state index contributed by atoms with van der Waals surface area (Å²) in [5.74, 6) is -0.775. The van der Waals surface area contributed by atoms with Crippen LogP contribution in [0.4, 0.5) is 5.13 Å². The Morgan fingerprint density at radius 1 is 1.43 bits per heavy atom. The fraction of sp³-hybridized carbons (Fsp3) is 0.154. The lowest BCUT2D eigenvalue weighted by molar-refractivity contribution is -0.115. The van der Waals surface area contributed by atoms with E-state index in [4.69, 9.17) is 5.73 Å². The maximum Gasteiger partial charge on any atom is 0.261 e. The number of anilines is 1. The van der Waals surface area contributed by atoms with Gasteiger partial charge in [-0.25, -0.2) is 4.98 Å². The number of nitrogens with two attached hydrogens (primary N) is 1. The summed E-state index contributed by atoms with van der Waals surface area (Å²) in [5, 5.41) is 12.7. The number of hydrogen-bond acceptors (Lipinski definition) is 6. The number of phenolic OH excluding ortho intramolecular Hbond substituents is 1. The average molecular weight is 323 g/mol. The standard InChI is InChI=1S/C13H13N3O3S2/c1-7-12(20-6-10(14)18)21-13(15-7)16-11(19)8-4-2-3-5-9(8)17/h2-5,17H,6H2,1H3,(H2,14,18)(H,15,16,19). The molecule has 1 aromatic heterocycles. The van der Waals surface area contributed by atoms with E-state index in [2.05, 4.69) is 10.3 Å². The summed E-state index contributed by atoms with van der Waals surface area (Å²) in [6.07, 6.45) is 0. The van der Waals surface area contributed by atoms with E-state index in [-0.39, 0.29) is 17.1 Å². The van der Waals surface area contributed by atoms with Gasteiger partial charge in [-0.2, -0.15) is 0 Å². The van der Waals surface area contributed by atoms with E-state index >= 15 is 0 Å². The van der Waals surface area contributed by atoms with Crippen LogP contribution in [0.2, 0.25) is 0 Å². The molecule has 2 rings (SSSR count). The largest absolute Gasteiger partial charge is 0.507 e. The Morgan fingerprint density at radius 3 is 2.81 bits per heavy atom. The van der Waals surface area contributed by atoms with Crippen molar-refractivity contribution in [2.45, 2.75) is 11.1 Å². The number of para-hydroxylation sites is 1. The van der Waals surface area contributed by atoms with Gasteiger partial charge in [0.15, 0.2) is 5.13 Å². The number of nitrogens with zero attached hydrogens (tertiary/aromatic N) is 1. The molecule has 8 heteroatoms. The Balaban J connectivity index is 2.10. The van der Waals surface area contributed by atoms with Crippen molar-refractivity contribution < 1.29 is 14.7 Å². The van der Waals surface area contributed by atoms with Crippen molar-refractivity contribution in [2.24, 2.45) is 5.73 Å². The highest BCUT2D eigenvalue weighted by Gasteiger charge is 2.14. The molecular weight excluding hydrogens is 310 g/mol. The number of nitrogens with one attached hydrogen (secondary N) is 1. The second kappa shape index (κ2) is 6.59. The van der Waals surface area contributed by atoms with Crippen molar-refractivity contribution in [3.05, 3.63) is 35.5 Å². The molecule has 1 aromatic carbocycles. The first-order chi connectivity index (χ1) is 9.97. The maximum absolute atomic E-state index is 12.0. The minimum absolute atomic E-state index is 0.0911. The van der Waals surface area contributed by atoms with Gasteiger partial charge in [0.25, 0.3) is 5.91 Å². The third-order valence-corrected chi connectivity index (χ3v) is 4.93. The Hall–Kier alpha value is -2.06. The Bertz CT molecular complexity index is 685. The van der Waals surface area contributed by atoms with E-state index in [1.165, 1.54) is 35.2 Å². The molecular formula is C13H13N3O3S2. The number of benzene rings is 1. The van der Waals surface area contributed by atoms with Gasteiger partial charge in [0, 0.05) is 0 Å². The van der Waals surface area contributed by atoms with Gasteiger partial charge < -0.3 is 10.8 Å². The van der Waals surface area contributed by atoms with Gasteiger partial charge >= 0.3 is 0 Å². The number of rotatable bonds is 5. The van der Waals surface area contributed by atoms with Crippen molar-refractivity contribution in [1.82, 2.24) is 4.98 Å². The van der Waals surface area contributed by atoms with Gasteiger partial charge in [0.05, 0.1) is 21.2 Å². The summed E-state index contributed by atoms with van der Waals surface area (Å²) < 4.78 is 0.821. The van der Waals surface area contributed by atoms with Gasteiger partial charge in [0.2, 0.25) is 5.91 Å². The maximum atomic E-state index is 12.0. The zero-order chi connectivity index (χ0) is 15.4. The summed E-state index contributed by atoms with van der Waals surface area (Å²) in [5.41, 5.74) is 6.00. The van der Waals surface area contributed by atoms with Crippen LogP contribution in [0.5, 0.6) is 5.75 Å². The molecule has 0 aliphatic rings. The van der Waals surface area contributed by atoms with Crippen LogP contribution in [0.3, 0.4) is 0 Å². The van der Waals surface area contributed by atoms with Crippen molar-refractivity contribution >= 4 is 40.0 Å². The number of aromatic hydroxyl groups is 1. The normalized spacial score (nSPS) is 10.3. The van der Waals surface area contributed by atoms with E-state index in [0.29, 0.717) is 5.13 Å². The Morgan fingerprint density at radius 2 is 2.14 bits per heavy atom. The number of thioether (sulfide) groups is 1. The van der Waals surface area contributed by atoms with E-state index in [1.807, 2.05) is 0 Å². The van der Waals surface area contributed by atoms with Crippen LogP contribution in [0.15, 0.2) is 28.5 Å². The summed E-state index contributed by atoms with van der Waals surface area (Å²) in [4.78, 5) is 27.0. The summed E-state index contributed by atoms with van der Waals surface area (Å²) in [7, 11) is 0. The predicted octanol–water partition coefficient (Wildman–Crippen LogP) is 1.99. The first kappa shape index (κ1) is 15.3. The number of carbonyl (C=O) groups is 2. The molecule has 1 heterocycles. The second-order valence-corrected chi connectivity index (χ2v) is 6.36. The number of primary amides is 1. The smallest absolute Gasteiger partial charge is 0.261 e. The number of aromatic nitrogens is 1. The first-order valence-corrected chi connectivity index (χ1v) is 7.75. The molecule has 0 fully saturated rings. The topological polar surface area (TPSA) is 105 Å². The molecule has 0 saturated heterocycles. The SMILES string of the molecule is Cc1nc(NC(=O)c2ccccc2O)sc1SCC(N)=O. The van der Waals surface area contributed by atoms with Gasteiger partial charge in [-0.15, -0.1) is 11.8 Å². The lowest BCUT2D eigenvalue weighted by Crippen LogP contribution is -2.12. The molecule has 6 nitrogen and oxygen atoms in total. The van der Waals surface area contributed by atoms with Crippen LogP contribution in [0.25, 0.3) is 0 Å². The number of carbonyl (C=O) groups excluding carboxylic acids is 2. The molecule has 0 atom stereocenters. The quantitative estimate of drug-likeness (QED) is 0.730. The summed E-state index contributed by atoms with van der Waals surface area (Å²) >= 11 is 2.54. The molecule has 0 bridgehead atoms. The lowest BCUT2D eigenvalue weighted by Gasteiger charge is -2.03. The van der Waals surface area contributed by atoms with E-state index in [9.17, 15) is 14.7 Å². The van der Waals surface area contributed by atoms with Gasteiger partial charge in [-0.1, -0.05) is 23.5 Å². The molecule has 21 heavy (non-hydrogen) atoms. The number of amides is 2. The zero-order valence-electron chi connectivity index (χ0n) is 11.1. The van der Waals surface area contributed by atoms with E-state index < -0.39 is 11.8 Å². The summed E-state index contributed by atoms with van der Waals surface area (Å²) in [6.45, 7) is 1.79. The van der Waals surface area contributed by atoms with Crippen molar-refractivity contribution in [3.63, 3.8) is 0 Å². The Kier molecular flexibility index (Phi) is 4.81. The lowest BCUT2D eigenvalue weighted by atomic mass is 10.2. The zero-order valence-corrected chi connectivity index (χ0v) is 12.8. The molecule has 2 aromatic rings. The van der Waals surface area contributed by atoms with Crippen molar-refractivity contribution in [1.29, 1.82) is 0 Å². The van der Waals surface area contributed by atoms with Gasteiger partial charge in [-0.05, 0) is 19.1 Å². The molecule has 0 aliphatic heterocycles. The molecule has 4 N–H and O–H groups in total. The molecule has 0 saturated carbocycles. The van der Waals surface area contributed by atoms with Gasteiger partial charge in [-0.3, -0.25) is 14.9 Å². The fourth-order valence-electron chi connectivity index (χ4n) is 1.54. The number of hydrogen-bond donors (Lipinski definition) is 3. The fourth-order valence-corrected chi connectivity index (χ4v) is 3.41. The molecule has 2 amide bonds. The molecule has 0 spiro atoms. The van der Waals surface area contributed by atoms with Crippen LogP contribution >= 0.6 is 23.1 Å². The van der Waals surface area contributed by atoms with Crippen molar-refractivity contribution in [2.75, 3.05) is 11.1 Å². The van der Waals surface area contributed by atoms with E-state index in [1.54, 1.807) is 19.1 Å². The second-order valence-electron chi connectivity index (χ2n) is 4.12. The Labute approximate surface area is 129 Å². The minimum atomic E-state index is -0.437. The third kappa shape index (κ3) is 3.96. The number of aryl methyl sites for hydroxylation is 1. The molecule has 0 aliphatic carbocycles. The highest BCUT2D eigenvalue weighted by Crippen LogP contribution is 2.32. The first-order valence-electron chi connectivity index (χ1n) is 5.95. The third-order valence-electron chi connectivity index (χ3n) is 2.47. The highest BCUT2D eigenvalue weighted by molar-refractivity contribution is 8.01. The van der Waals surface area contributed by atoms with Crippen LogP contribution in [-0.4, -0.2) is 27.7 Å².